The van der Waals surface area contributed by atoms with Crippen molar-refractivity contribution < 1.29 is 14.3 Å². The highest BCUT2D eigenvalue weighted by Crippen LogP contribution is 2.47. The Morgan fingerprint density at radius 3 is 2.70 bits per heavy atom. The van der Waals surface area contributed by atoms with Crippen molar-refractivity contribution in [3.05, 3.63) is 0 Å². The molecule has 1 atom stereocenters. The van der Waals surface area contributed by atoms with Crippen molar-refractivity contribution in [3.63, 3.8) is 0 Å². The van der Waals surface area contributed by atoms with Crippen molar-refractivity contribution in [2.75, 3.05) is 26.3 Å². The molecule has 0 aromatic rings. The lowest BCUT2D eigenvalue weighted by Gasteiger charge is -2.27. The molecule has 1 spiro atoms. The van der Waals surface area contributed by atoms with Crippen LogP contribution in [0.25, 0.3) is 0 Å². The summed E-state index contributed by atoms with van der Waals surface area (Å²) in [7, 11) is 0. The lowest BCUT2D eigenvalue weighted by molar-refractivity contribution is -0.136. The minimum atomic E-state index is -0.431. The van der Waals surface area contributed by atoms with E-state index in [9.17, 15) is 9.59 Å². The molecule has 0 aromatic carbocycles. The van der Waals surface area contributed by atoms with Crippen LogP contribution in [0.1, 0.15) is 58.3 Å². The van der Waals surface area contributed by atoms with Crippen LogP contribution < -0.4 is 5.32 Å². The van der Waals surface area contributed by atoms with E-state index in [1.165, 1.54) is 19.3 Å². The van der Waals surface area contributed by atoms with Crippen molar-refractivity contribution in [2.45, 2.75) is 64.3 Å². The van der Waals surface area contributed by atoms with Gasteiger partial charge in [0.1, 0.15) is 6.04 Å². The molecule has 5 heteroatoms. The summed E-state index contributed by atoms with van der Waals surface area (Å²) in [5.41, 5.74) is 0.206. The van der Waals surface area contributed by atoms with Gasteiger partial charge in [-0.3, -0.25) is 9.59 Å². The molecule has 3 fully saturated rings. The molecule has 1 N–H and O–H groups in total. The van der Waals surface area contributed by atoms with Crippen LogP contribution in [0.4, 0.5) is 0 Å². The zero-order valence-electron chi connectivity index (χ0n) is 14.3. The van der Waals surface area contributed by atoms with Crippen LogP contribution in [0.3, 0.4) is 0 Å². The Morgan fingerprint density at radius 2 is 2.00 bits per heavy atom. The second-order valence-electron chi connectivity index (χ2n) is 7.81. The first-order valence-electron chi connectivity index (χ1n) is 9.24. The first-order valence-corrected chi connectivity index (χ1v) is 9.24. The summed E-state index contributed by atoms with van der Waals surface area (Å²) < 4.78 is 5.63. The van der Waals surface area contributed by atoms with Crippen LogP contribution >= 0.6 is 0 Å². The van der Waals surface area contributed by atoms with E-state index in [0.717, 1.165) is 38.8 Å². The van der Waals surface area contributed by atoms with Crippen molar-refractivity contribution >= 4 is 11.8 Å². The van der Waals surface area contributed by atoms with E-state index in [1.807, 2.05) is 11.8 Å². The van der Waals surface area contributed by atoms with Crippen LogP contribution in [-0.2, 0) is 14.3 Å². The molecule has 5 nitrogen and oxygen atoms in total. The van der Waals surface area contributed by atoms with Crippen LogP contribution in [0, 0.1) is 11.3 Å². The largest absolute Gasteiger partial charge is 0.379 e. The van der Waals surface area contributed by atoms with E-state index in [1.54, 1.807) is 0 Å². The van der Waals surface area contributed by atoms with Gasteiger partial charge < -0.3 is 15.0 Å². The highest BCUT2D eigenvalue weighted by Gasteiger charge is 2.46. The fourth-order valence-corrected chi connectivity index (χ4v) is 3.95. The second kappa shape index (κ2) is 7.20. The molecule has 3 aliphatic rings. The summed E-state index contributed by atoms with van der Waals surface area (Å²) in [5, 5.41) is 2.92. The average Bonchev–Trinajstić information content (AvgIpc) is 3.34. The Labute approximate surface area is 139 Å². The number of rotatable bonds is 4. The second-order valence-corrected chi connectivity index (χ2v) is 7.81. The third-order valence-electron chi connectivity index (χ3n) is 5.66. The Kier molecular flexibility index (Phi) is 5.24. The molecule has 0 radical (unpaired) electrons. The topological polar surface area (TPSA) is 58.6 Å². The van der Waals surface area contributed by atoms with E-state index >= 15 is 0 Å². The molecule has 1 unspecified atom stereocenters. The lowest BCUT2D eigenvalue weighted by Crippen LogP contribution is -2.49. The lowest BCUT2D eigenvalue weighted by atomic mass is 9.87. The standard InChI is InChI=1S/C18H30N2O3/c1-14(19-16(21)11-15-5-3-2-4-6-15)17(22)20-9-10-23-13-18(12-20)7-8-18/h14-15H,2-13H2,1H3,(H,19,21). The molecule has 1 saturated heterocycles. The molecule has 1 heterocycles. The Hall–Kier alpha value is -1.10. The van der Waals surface area contributed by atoms with E-state index in [2.05, 4.69) is 5.32 Å². The molecular formula is C18H30N2O3. The van der Waals surface area contributed by atoms with Crippen LogP contribution in [0.5, 0.6) is 0 Å². The Morgan fingerprint density at radius 1 is 1.26 bits per heavy atom. The van der Waals surface area contributed by atoms with Crippen molar-refractivity contribution in [1.82, 2.24) is 10.2 Å². The maximum Gasteiger partial charge on any atom is 0.244 e. The number of hydrogen-bond donors (Lipinski definition) is 1. The van der Waals surface area contributed by atoms with Crippen molar-refractivity contribution in [2.24, 2.45) is 11.3 Å². The van der Waals surface area contributed by atoms with Gasteiger partial charge in [-0.15, -0.1) is 0 Å². The fourth-order valence-electron chi connectivity index (χ4n) is 3.95. The third-order valence-corrected chi connectivity index (χ3v) is 5.66. The summed E-state index contributed by atoms with van der Waals surface area (Å²) in [6.45, 7) is 4.62. The first-order chi connectivity index (χ1) is 11.1. The zero-order chi connectivity index (χ0) is 16.3. The fraction of sp³-hybridized carbons (Fsp3) is 0.889. The van der Waals surface area contributed by atoms with Crippen molar-refractivity contribution in [3.8, 4) is 0 Å². The van der Waals surface area contributed by atoms with Gasteiger partial charge in [-0.25, -0.2) is 0 Å². The number of ether oxygens (including phenoxy) is 1. The van der Waals surface area contributed by atoms with Gasteiger partial charge in [-0.2, -0.15) is 0 Å². The summed E-state index contributed by atoms with van der Waals surface area (Å²) in [4.78, 5) is 26.8. The number of carbonyl (C=O) groups excluding carboxylic acids is 2. The summed E-state index contributed by atoms with van der Waals surface area (Å²) in [6, 6.07) is -0.431. The highest BCUT2D eigenvalue weighted by molar-refractivity contribution is 5.87. The van der Waals surface area contributed by atoms with Gasteiger partial charge in [0.15, 0.2) is 0 Å². The molecule has 2 amide bonds. The van der Waals surface area contributed by atoms with Gasteiger partial charge in [-0.05, 0) is 38.5 Å². The van der Waals surface area contributed by atoms with E-state index in [4.69, 9.17) is 4.74 Å². The van der Waals surface area contributed by atoms with E-state index < -0.39 is 6.04 Å². The minimum Gasteiger partial charge on any atom is -0.379 e. The monoisotopic (exact) mass is 322 g/mol. The molecule has 3 rings (SSSR count). The molecule has 0 bridgehead atoms. The summed E-state index contributed by atoms with van der Waals surface area (Å²) in [5.74, 6) is 0.580. The minimum absolute atomic E-state index is 0.0324. The zero-order valence-corrected chi connectivity index (χ0v) is 14.3. The molecule has 130 valence electrons. The number of hydrogen-bond acceptors (Lipinski definition) is 3. The van der Waals surface area contributed by atoms with Gasteiger partial charge in [0.2, 0.25) is 11.8 Å². The average molecular weight is 322 g/mol. The van der Waals surface area contributed by atoms with Crippen LogP contribution in [0.15, 0.2) is 0 Å². The first kappa shape index (κ1) is 16.7. The smallest absolute Gasteiger partial charge is 0.244 e. The molecular weight excluding hydrogens is 292 g/mol. The molecule has 2 saturated carbocycles. The van der Waals surface area contributed by atoms with Gasteiger partial charge in [0.25, 0.3) is 0 Å². The van der Waals surface area contributed by atoms with Gasteiger partial charge in [0.05, 0.1) is 13.2 Å². The number of amides is 2. The van der Waals surface area contributed by atoms with Gasteiger partial charge in [0, 0.05) is 24.9 Å². The van der Waals surface area contributed by atoms with E-state index in [0.29, 0.717) is 25.5 Å². The Balaban J connectivity index is 1.47. The van der Waals surface area contributed by atoms with Gasteiger partial charge >= 0.3 is 0 Å². The highest BCUT2D eigenvalue weighted by atomic mass is 16.5. The van der Waals surface area contributed by atoms with Crippen molar-refractivity contribution in [1.29, 1.82) is 0 Å². The van der Waals surface area contributed by atoms with Crippen LogP contribution in [-0.4, -0.2) is 49.1 Å². The molecule has 2 aliphatic carbocycles. The SMILES string of the molecule is CC(NC(=O)CC1CCCCC1)C(=O)N1CCOCC2(CC2)C1. The molecule has 0 aromatic heterocycles. The van der Waals surface area contributed by atoms with Gasteiger partial charge in [-0.1, -0.05) is 19.3 Å². The maximum atomic E-state index is 12.6. The molecule has 1 aliphatic heterocycles. The third kappa shape index (κ3) is 4.46. The number of nitrogens with one attached hydrogen (secondary N) is 1. The normalized spacial score (nSPS) is 25.7. The molecule has 23 heavy (non-hydrogen) atoms. The quantitative estimate of drug-likeness (QED) is 0.862. The van der Waals surface area contributed by atoms with Crippen LogP contribution in [0.2, 0.25) is 0 Å². The number of nitrogens with zero attached hydrogens (tertiary/aromatic N) is 1. The maximum absolute atomic E-state index is 12.6. The Bertz CT molecular complexity index is 442. The van der Waals surface area contributed by atoms with E-state index in [-0.39, 0.29) is 17.2 Å². The number of carbonyl (C=O) groups is 2. The predicted octanol–water partition coefficient (Wildman–Crippen LogP) is 2.10. The predicted molar refractivity (Wildman–Crippen MR) is 87.9 cm³/mol. The summed E-state index contributed by atoms with van der Waals surface area (Å²) in [6.07, 6.45) is 8.96. The summed E-state index contributed by atoms with van der Waals surface area (Å²) >= 11 is 0.